The van der Waals surface area contributed by atoms with Gasteiger partial charge in [-0.15, -0.1) is 0 Å². The predicted octanol–water partition coefficient (Wildman–Crippen LogP) is 3.18. The van der Waals surface area contributed by atoms with E-state index in [1.807, 2.05) is 24.3 Å². The Labute approximate surface area is 111 Å². The summed E-state index contributed by atoms with van der Waals surface area (Å²) >= 11 is 2.15. The topological polar surface area (TPSA) is 59.4 Å². The average Bonchev–Trinajstić information content (AvgIpc) is 2.32. The Kier molecular flexibility index (Phi) is 3.58. The standard InChI is InChI=1S/C12H8INO3/c13-9-3-1-2-4-11(9)17-8-5-6-14-10(7-8)12(15)16/h1-7H,(H,15,16). The summed E-state index contributed by atoms with van der Waals surface area (Å²) in [4.78, 5) is 14.5. The lowest BCUT2D eigenvalue weighted by atomic mass is 10.3. The molecule has 17 heavy (non-hydrogen) atoms. The van der Waals surface area contributed by atoms with Crippen LogP contribution in [0.4, 0.5) is 0 Å². The number of hydrogen-bond acceptors (Lipinski definition) is 3. The lowest BCUT2D eigenvalue weighted by molar-refractivity contribution is 0.0690. The van der Waals surface area contributed by atoms with E-state index in [-0.39, 0.29) is 5.69 Å². The number of benzene rings is 1. The second-order valence-corrected chi connectivity index (χ2v) is 4.38. The molecule has 0 saturated carbocycles. The smallest absolute Gasteiger partial charge is 0.354 e. The van der Waals surface area contributed by atoms with E-state index in [4.69, 9.17) is 9.84 Å². The molecule has 0 unspecified atom stereocenters. The van der Waals surface area contributed by atoms with Gasteiger partial charge in [0, 0.05) is 12.3 Å². The van der Waals surface area contributed by atoms with Gasteiger partial charge in [-0.05, 0) is 40.8 Å². The number of nitrogens with zero attached hydrogens (tertiary/aromatic N) is 1. The zero-order valence-electron chi connectivity index (χ0n) is 8.63. The fourth-order valence-corrected chi connectivity index (χ4v) is 1.74. The van der Waals surface area contributed by atoms with E-state index >= 15 is 0 Å². The quantitative estimate of drug-likeness (QED) is 0.872. The van der Waals surface area contributed by atoms with Gasteiger partial charge in [-0.2, -0.15) is 0 Å². The number of carboxylic acid groups (broad SMARTS) is 1. The number of aromatic carboxylic acids is 1. The monoisotopic (exact) mass is 341 g/mol. The van der Waals surface area contributed by atoms with E-state index in [1.165, 1.54) is 12.3 Å². The highest BCUT2D eigenvalue weighted by Gasteiger charge is 2.07. The van der Waals surface area contributed by atoms with E-state index in [0.717, 1.165) is 3.57 Å². The summed E-state index contributed by atoms with van der Waals surface area (Å²) in [5.74, 6) is 0.0790. The number of carboxylic acids is 1. The Morgan fingerprint density at radius 2 is 2.06 bits per heavy atom. The van der Waals surface area contributed by atoms with Gasteiger partial charge in [-0.25, -0.2) is 9.78 Å². The Bertz CT molecular complexity index is 557. The summed E-state index contributed by atoms with van der Waals surface area (Å²) in [6.07, 6.45) is 1.41. The van der Waals surface area contributed by atoms with Gasteiger partial charge in [0.1, 0.15) is 11.5 Å². The maximum Gasteiger partial charge on any atom is 0.354 e. The lowest BCUT2D eigenvalue weighted by Gasteiger charge is -2.07. The third-order valence-electron chi connectivity index (χ3n) is 2.01. The summed E-state index contributed by atoms with van der Waals surface area (Å²) in [7, 11) is 0. The number of ether oxygens (including phenoxy) is 1. The van der Waals surface area contributed by atoms with Crippen molar-refractivity contribution in [3.8, 4) is 11.5 Å². The molecule has 0 saturated heterocycles. The van der Waals surface area contributed by atoms with Gasteiger partial charge in [0.25, 0.3) is 0 Å². The van der Waals surface area contributed by atoms with Crippen LogP contribution in [0.5, 0.6) is 11.5 Å². The molecule has 1 heterocycles. The van der Waals surface area contributed by atoms with Gasteiger partial charge in [-0.1, -0.05) is 12.1 Å². The highest BCUT2D eigenvalue weighted by atomic mass is 127. The van der Waals surface area contributed by atoms with Crippen LogP contribution in [0.2, 0.25) is 0 Å². The lowest BCUT2D eigenvalue weighted by Crippen LogP contribution is -1.99. The van der Waals surface area contributed by atoms with Crippen molar-refractivity contribution in [2.45, 2.75) is 0 Å². The molecule has 1 N–H and O–H groups in total. The molecule has 0 atom stereocenters. The first-order chi connectivity index (χ1) is 8.16. The number of halogens is 1. The van der Waals surface area contributed by atoms with Crippen LogP contribution in [0, 0.1) is 3.57 Å². The summed E-state index contributed by atoms with van der Waals surface area (Å²) in [6, 6.07) is 10.5. The zero-order valence-corrected chi connectivity index (χ0v) is 10.8. The van der Waals surface area contributed by atoms with E-state index in [9.17, 15) is 4.79 Å². The summed E-state index contributed by atoms with van der Waals surface area (Å²) in [6.45, 7) is 0. The minimum absolute atomic E-state index is 0.0339. The van der Waals surface area contributed by atoms with Gasteiger partial charge in [0.2, 0.25) is 0 Å². The molecule has 0 radical (unpaired) electrons. The van der Waals surface area contributed by atoms with Gasteiger partial charge in [0.05, 0.1) is 3.57 Å². The van der Waals surface area contributed by atoms with Crippen LogP contribution in [0.1, 0.15) is 10.5 Å². The second-order valence-electron chi connectivity index (χ2n) is 3.21. The first-order valence-electron chi connectivity index (χ1n) is 4.78. The minimum atomic E-state index is -1.07. The average molecular weight is 341 g/mol. The minimum Gasteiger partial charge on any atom is -0.477 e. The van der Waals surface area contributed by atoms with Crippen molar-refractivity contribution < 1.29 is 14.6 Å². The van der Waals surface area contributed by atoms with Crippen molar-refractivity contribution >= 4 is 28.6 Å². The molecule has 2 rings (SSSR count). The highest BCUT2D eigenvalue weighted by molar-refractivity contribution is 14.1. The van der Waals surface area contributed by atoms with Crippen molar-refractivity contribution in [1.82, 2.24) is 4.98 Å². The molecule has 0 fully saturated rings. The molecule has 86 valence electrons. The Balaban J connectivity index is 2.28. The molecule has 0 aliphatic rings. The second kappa shape index (κ2) is 5.13. The molecule has 0 amide bonds. The van der Waals surface area contributed by atoms with Crippen LogP contribution in [0.25, 0.3) is 0 Å². The molecule has 2 aromatic rings. The van der Waals surface area contributed by atoms with Crippen LogP contribution in [0.15, 0.2) is 42.6 Å². The maximum absolute atomic E-state index is 10.8. The number of hydrogen-bond donors (Lipinski definition) is 1. The van der Waals surface area contributed by atoms with Crippen LogP contribution in [-0.4, -0.2) is 16.1 Å². The number of carbonyl (C=O) groups is 1. The third-order valence-corrected chi connectivity index (χ3v) is 2.91. The highest BCUT2D eigenvalue weighted by Crippen LogP contribution is 2.26. The van der Waals surface area contributed by atoms with Gasteiger partial charge in [-0.3, -0.25) is 0 Å². The Morgan fingerprint density at radius 3 is 2.76 bits per heavy atom. The molecule has 0 spiro atoms. The fraction of sp³-hybridized carbons (Fsp3) is 0. The van der Waals surface area contributed by atoms with E-state index in [0.29, 0.717) is 11.5 Å². The van der Waals surface area contributed by atoms with E-state index < -0.39 is 5.97 Å². The van der Waals surface area contributed by atoms with Crippen molar-refractivity contribution in [2.24, 2.45) is 0 Å². The summed E-state index contributed by atoms with van der Waals surface area (Å²) < 4.78 is 6.55. The summed E-state index contributed by atoms with van der Waals surface area (Å²) in [5, 5.41) is 8.81. The zero-order chi connectivity index (χ0) is 12.3. The number of rotatable bonds is 3. The molecule has 5 heteroatoms. The van der Waals surface area contributed by atoms with Crippen molar-refractivity contribution in [1.29, 1.82) is 0 Å². The molecule has 0 aliphatic heterocycles. The van der Waals surface area contributed by atoms with Crippen molar-refractivity contribution in [2.75, 3.05) is 0 Å². The number of aromatic nitrogens is 1. The largest absolute Gasteiger partial charge is 0.477 e. The van der Waals surface area contributed by atoms with Crippen LogP contribution < -0.4 is 4.74 Å². The molecule has 1 aromatic heterocycles. The van der Waals surface area contributed by atoms with Gasteiger partial charge in [0.15, 0.2) is 5.69 Å². The number of pyridine rings is 1. The van der Waals surface area contributed by atoms with Gasteiger partial charge >= 0.3 is 5.97 Å². The summed E-state index contributed by atoms with van der Waals surface area (Å²) in [5.41, 5.74) is -0.0339. The van der Waals surface area contributed by atoms with Crippen molar-refractivity contribution in [3.05, 3.63) is 51.9 Å². The number of para-hydroxylation sites is 1. The van der Waals surface area contributed by atoms with Crippen LogP contribution in [0.3, 0.4) is 0 Å². The van der Waals surface area contributed by atoms with Crippen LogP contribution in [-0.2, 0) is 0 Å². The molecular weight excluding hydrogens is 333 g/mol. The van der Waals surface area contributed by atoms with Crippen molar-refractivity contribution in [3.63, 3.8) is 0 Å². The normalized spacial score (nSPS) is 9.94. The molecule has 0 aliphatic carbocycles. The maximum atomic E-state index is 10.8. The third kappa shape index (κ3) is 2.94. The Morgan fingerprint density at radius 1 is 1.29 bits per heavy atom. The molecular formula is C12H8INO3. The first kappa shape index (κ1) is 11.8. The van der Waals surface area contributed by atoms with E-state index in [1.54, 1.807) is 6.07 Å². The van der Waals surface area contributed by atoms with Crippen LogP contribution >= 0.6 is 22.6 Å². The predicted molar refractivity (Wildman–Crippen MR) is 70.4 cm³/mol. The van der Waals surface area contributed by atoms with Gasteiger partial charge < -0.3 is 9.84 Å². The molecule has 0 bridgehead atoms. The Hall–Kier alpha value is -1.63. The first-order valence-corrected chi connectivity index (χ1v) is 5.86. The molecule has 1 aromatic carbocycles. The SMILES string of the molecule is O=C(O)c1cc(Oc2ccccc2I)ccn1. The fourth-order valence-electron chi connectivity index (χ4n) is 1.25. The van der Waals surface area contributed by atoms with E-state index in [2.05, 4.69) is 27.6 Å². The molecule has 4 nitrogen and oxygen atoms in total.